The summed E-state index contributed by atoms with van der Waals surface area (Å²) >= 11 is 1.67. The van der Waals surface area contributed by atoms with E-state index >= 15 is 0 Å². The van der Waals surface area contributed by atoms with Gasteiger partial charge in [-0.25, -0.2) is 4.79 Å². The lowest BCUT2D eigenvalue weighted by Crippen LogP contribution is -2.15. The topological polar surface area (TPSA) is 26.3 Å². The number of carbonyl (C=O) groups excluding carboxylic acids is 1. The van der Waals surface area contributed by atoms with Gasteiger partial charge >= 0.3 is 5.97 Å². The van der Waals surface area contributed by atoms with Gasteiger partial charge in [-0.3, -0.25) is 0 Å². The highest BCUT2D eigenvalue weighted by atomic mass is 32.2. The van der Waals surface area contributed by atoms with E-state index in [-0.39, 0.29) is 12.1 Å². The fourth-order valence-electron chi connectivity index (χ4n) is 1.01. The van der Waals surface area contributed by atoms with Crippen molar-refractivity contribution in [2.75, 3.05) is 5.75 Å². The second kappa shape index (κ2) is 6.30. The van der Waals surface area contributed by atoms with Crippen molar-refractivity contribution >= 4 is 17.7 Å². The van der Waals surface area contributed by atoms with Crippen molar-refractivity contribution in [1.82, 2.24) is 0 Å². The number of esters is 1. The van der Waals surface area contributed by atoms with Crippen LogP contribution in [0.4, 0.5) is 0 Å². The van der Waals surface area contributed by atoms with Gasteiger partial charge in [0.15, 0.2) is 0 Å². The van der Waals surface area contributed by atoms with Gasteiger partial charge in [0.05, 0.1) is 0 Å². The molecule has 15 heavy (non-hydrogen) atoms. The average Bonchev–Trinajstić information content (AvgIpc) is 2.27. The highest BCUT2D eigenvalue weighted by Gasteiger charge is 2.06. The molecule has 0 aromatic heterocycles. The maximum Gasteiger partial charge on any atom is 0.330 e. The number of thioether (sulfide) groups is 1. The van der Waals surface area contributed by atoms with Crippen LogP contribution in [0.3, 0.4) is 0 Å². The zero-order valence-electron chi connectivity index (χ0n) is 8.68. The molecule has 1 aromatic carbocycles. The molecule has 0 aliphatic carbocycles. The molecule has 0 aliphatic heterocycles. The molecule has 0 radical (unpaired) electrons. The standard InChI is InChI=1S/C12H14O2S/c1-3-12(13)14-10(2)9-15-11-7-5-4-6-8-11/h3-8,10H,1,9H2,2H3. The Morgan fingerprint density at radius 3 is 2.80 bits per heavy atom. The highest BCUT2D eigenvalue weighted by molar-refractivity contribution is 7.99. The molecule has 0 spiro atoms. The number of hydrogen-bond donors (Lipinski definition) is 0. The van der Waals surface area contributed by atoms with E-state index in [1.54, 1.807) is 11.8 Å². The van der Waals surface area contributed by atoms with Crippen molar-refractivity contribution in [3.05, 3.63) is 43.0 Å². The minimum Gasteiger partial charge on any atom is -0.459 e. The lowest BCUT2D eigenvalue weighted by atomic mass is 10.4. The minimum atomic E-state index is -0.365. The molecule has 0 aliphatic rings. The summed E-state index contributed by atoms with van der Waals surface area (Å²) in [5, 5.41) is 0. The third kappa shape index (κ3) is 4.70. The first-order valence-electron chi connectivity index (χ1n) is 4.73. The monoisotopic (exact) mass is 222 g/mol. The Labute approximate surface area is 94.3 Å². The second-order valence-corrected chi connectivity index (χ2v) is 4.17. The smallest absolute Gasteiger partial charge is 0.330 e. The lowest BCUT2D eigenvalue weighted by molar-refractivity contribution is -0.141. The molecule has 0 saturated carbocycles. The van der Waals surface area contributed by atoms with Gasteiger partial charge in [-0.1, -0.05) is 24.8 Å². The van der Waals surface area contributed by atoms with Crippen LogP contribution in [0.2, 0.25) is 0 Å². The third-order valence-corrected chi connectivity index (χ3v) is 2.95. The summed E-state index contributed by atoms with van der Waals surface area (Å²) in [6.07, 6.45) is 1.09. The van der Waals surface area contributed by atoms with Crippen molar-refractivity contribution < 1.29 is 9.53 Å². The fourth-order valence-corrected chi connectivity index (χ4v) is 1.86. The van der Waals surface area contributed by atoms with E-state index < -0.39 is 0 Å². The number of benzene rings is 1. The van der Waals surface area contributed by atoms with Gasteiger partial charge in [0.25, 0.3) is 0 Å². The Bertz CT molecular complexity index is 322. The molecule has 1 unspecified atom stereocenters. The summed E-state index contributed by atoms with van der Waals surface area (Å²) in [7, 11) is 0. The van der Waals surface area contributed by atoms with Gasteiger partial charge < -0.3 is 4.74 Å². The minimum absolute atomic E-state index is 0.0966. The van der Waals surface area contributed by atoms with E-state index in [2.05, 4.69) is 6.58 Å². The highest BCUT2D eigenvalue weighted by Crippen LogP contribution is 2.18. The molecule has 1 aromatic rings. The average molecular weight is 222 g/mol. The van der Waals surface area contributed by atoms with Gasteiger partial charge in [-0.05, 0) is 19.1 Å². The van der Waals surface area contributed by atoms with Crippen LogP contribution >= 0.6 is 11.8 Å². The van der Waals surface area contributed by atoms with Crippen molar-refractivity contribution in [2.24, 2.45) is 0 Å². The summed E-state index contributed by atoms with van der Waals surface area (Å²) < 4.78 is 5.04. The Balaban J connectivity index is 2.31. The van der Waals surface area contributed by atoms with Crippen LogP contribution in [0, 0.1) is 0 Å². The number of rotatable bonds is 5. The Kier molecular flexibility index (Phi) is 4.98. The zero-order valence-corrected chi connectivity index (χ0v) is 9.50. The van der Waals surface area contributed by atoms with Crippen molar-refractivity contribution in [3.8, 4) is 0 Å². The van der Waals surface area contributed by atoms with Crippen molar-refractivity contribution in [1.29, 1.82) is 0 Å². The molecule has 1 atom stereocenters. The molecule has 2 nitrogen and oxygen atoms in total. The molecule has 0 amide bonds. The second-order valence-electron chi connectivity index (χ2n) is 3.08. The van der Waals surface area contributed by atoms with E-state index in [1.165, 1.54) is 11.0 Å². The number of ether oxygens (including phenoxy) is 1. The van der Waals surface area contributed by atoms with Gasteiger partial charge in [0.1, 0.15) is 6.10 Å². The molecule has 0 bridgehead atoms. The van der Waals surface area contributed by atoms with E-state index in [9.17, 15) is 4.79 Å². The van der Waals surface area contributed by atoms with Crippen LogP contribution in [0.15, 0.2) is 47.9 Å². The summed E-state index contributed by atoms with van der Waals surface area (Å²) in [5.74, 6) is 0.389. The molecular formula is C12H14O2S. The molecule has 0 N–H and O–H groups in total. The maximum atomic E-state index is 10.9. The normalized spacial score (nSPS) is 11.8. The Hall–Kier alpha value is -1.22. The van der Waals surface area contributed by atoms with Crippen LogP contribution in [0.5, 0.6) is 0 Å². The van der Waals surface area contributed by atoms with Gasteiger partial charge in [0.2, 0.25) is 0 Å². The first-order valence-corrected chi connectivity index (χ1v) is 5.72. The zero-order chi connectivity index (χ0) is 11.1. The number of hydrogen-bond acceptors (Lipinski definition) is 3. The van der Waals surface area contributed by atoms with Crippen LogP contribution in [-0.2, 0) is 9.53 Å². The molecule has 3 heteroatoms. The SMILES string of the molecule is C=CC(=O)OC(C)CSc1ccccc1. The Morgan fingerprint density at radius 1 is 1.53 bits per heavy atom. The van der Waals surface area contributed by atoms with E-state index in [0.29, 0.717) is 0 Å². The molecule has 80 valence electrons. The van der Waals surface area contributed by atoms with Crippen LogP contribution in [0.1, 0.15) is 6.92 Å². The van der Waals surface area contributed by atoms with Gasteiger partial charge in [0, 0.05) is 16.7 Å². The summed E-state index contributed by atoms with van der Waals surface area (Å²) in [4.78, 5) is 12.1. The summed E-state index contributed by atoms with van der Waals surface area (Å²) in [5.41, 5.74) is 0. The molecule has 0 heterocycles. The van der Waals surface area contributed by atoms with E-state index in [4.69, 9.17) is 4.74 Å². The van der Waals surface area contributed by atoms with E-state index in [1.807, 2.05) is 37.3 Å². The fraction of sp³-hybridized carbons (Fsp3) is 0.250. The number of carbonyl (C=O) groups is 1. The van der Waals surface area contributed by atoms with Crippen LogP contribution in [-0.4, -0.2) is 17.8 Å². The van der Waals surface area contributed by atoms with Gasteiger partial charge in [-0.2, -0.15) is 0 Å². The largest absolute Gasteiger partial charge is 0.459 e. The first-order chi connectivity index (χ1) is 7.22. The maximum absolute atomic E-state index is 10.9. The summed E-state index contributed by atoms with van der Waals surface area (Å²) in [6.45, 7) is 5.22. The van der Waals surface area contributed by atoms with Crippen LogP contribution in [0.25, 0.3) is 0 Å². The Morgan fingerprint density at radius 2 is 2.20 bits per heavy atom. The van der Waals surface area contributed by atoms with Crippen LogP contribution < -0.4 is 0 Å². The summed E-state index contributed by atoms with van der Waals surface area (Å²) in [6, 6.07) is 10.0. The van der Waals surface area contributed by atoms with Crippen molar-refractivity contribution in [3.63, 3.8) is 0 Å². The molecule has 1 rings (SSSR count). The van der Waals surface area contributed by atoms with E-state index in [0.717, 1.165) is 5.75 Å². The van der Waals surface area contributed by atoms with Crippen molar-refractivity contribution in [2.45, 2.75) is 17.9 Å². The lowest BCUT2D eigenvalue weighted by Gasteiger charge is -2.10. The third-order valence-electron chi connectivity index (χ3n) is 1.71. The first kappa shape index (κ1) is 11.9. The predicted octanol–water partition coefficient (Wildman–Crippen LogP) is 2.90. The molecule has 0 fully saturated rings. The molecule has 0 saturated heterocycles. The van der Waals surface area contributed by atoms with Gasteiger partial charge in [-0.15, -0.1) is 11.8 Å². The quantitative estimate of drug-likeness (QED) is 0.435. The predicted molar refractivity (Wildman–Crippen MR) is 62.9 cm³/mol. The molecular weight excluding hydrogens is 208 g/mol.